The number of ketones is 1. The summed E-state index contributed by atoms with van der Waals surface area (Å²) in [4.78, 5) is 36.0. The minimum atomic E-state index is -0.830. The van der Waals surface area contributed by atoms with Gasteiger partial charge in [-0.2, -0.15) is 0 Å². The van der Waals surface area contributed by atoms with Gasteiger partial charge in [-0.25, -0.2) is 0 Å². The Morgan fingerprint density at radius 2 is 1.88 bits per heavy atom. The van der Waals surface area contributed by atoms with Crippen molar-refractivity contribution in [2.75, 3.05) is 7.11 Å². The van der Waals surface area contributed by atoms with Crippen LogP contribution >= 0.6 is 0 Å². The van der Waals surface area contributed by atoms with E-state index in [-0.39, 0.29) is 35.4 Å². The van der Waals surface area contributed by atoms with Gasteiger partial charge >= 0.3 is 11.9 Å². The molecule has 0 bridgehead atoms. The maximum atomic E-state index is 12.7. The van der Waals surface area contributed by atoms with Gasteiger partial charge in [-0.3, -0.25) is 14.4 Å². The molecule has 1 N–H and O–H groups in total. The fourth-order valence-corrected chi connectivity index (χ4v) is 6.49. The van der Waals surface area contributed by atoms with E-state index in [1.54, 1.807) is 0 Å². The van der Waals surface area contributed by atoms with Crippen LogP contribution in [0.1, 0.15) is 65.2 Å². The average Bonchev–Trinajstić information content (AvgIpc) is 2.93. The molecule has 0 aromatic carbocycles. The van der Waals surface area contributed by atoms with E-state index < -0.39 is 11.4 Å². The third kappa shape index (κ3) is 2.80. The van der Waals surface area contributed by atoms with Crippen molar-refractivity contribution in [3.8, 4) is 0 Å². The lowest BCUT2D eigenvalue weighted by Crippen LogP contribution is -2.53. The molecule has 0 aromatic rings. The lowest BCUT2D eigenvalue weighted by Gasteiger charge is -2.55. The summed E-state index contributed by atoms with van der Waals surface area (Å²) in [5, 5.41) is 9.09. The first kappa shape index (κ1) is 18.4. The Morgan fingerprint density at radius 1 is 1.16 bits per heavy atom. The van der Waals surface area contributed by atoms with E-state index in [0.29, 0.717) is 24.7 Å². The van der Waals surface area contributed by atoms with Crippen molar-refractivity contribution in [3.05, 3.63) is 0 Å². The van der Waals surface area contributed by atoms with Crippen molar-refractivity contribution in [3.63, 3.8) is 0 Å². The number of carbonyl (C=O) groups is 3. The zero-order valence-electron chi connectivity index (χ0n) is 15.5. The number of carbonyl (C=O) groups excluding carboxylic acids is 2. The van der Waals surface area contributed by atoms with Crippen LogP contribution in [0.3, 0.4) is 0 Å². The lowest BCUT2D eigenvalue weighted by molar-refractivity contribution is -0.158. The number of carboxylic acids is 1. The van der Waals surface area contributed by atoms with Crippen LogP contribution in [0.5, 0.6) is 0 Å². The van der Waals surface area contributed by atoms with E-state index in [0.717, 1.165) is 32.1 Å². The molecule has 0 aliphatic heterocycles. The Balaban J connectivity index is 1.86. The summed E-state index contributed by atoms with van der Waals surface area (Å²) in [5.74, 6) is 0.389. The van der Waals surface area contributed by atoms with Gasteiger partial charge in [-0.15, -0.1) is 0 Å². The van der Waals surface area contributed by atoms with E-state index in [1.165, 1.54) is 7.11 Å². The number of methoxy groups -OCH3 is 1. The Labute approximate surface area is 149 Å². The van der Waals surface area contributed by atoms with Gasteiger partial charge in [-0.05, 0) is 61.7 Å². The van der Waals surface area contributed by atoms with Gasteiger partial charge in [0.2, 0.25) is 0 Å². The number of aliphatic carboxylic acids is 1. The van der Waals surface area contributed by atoms with Crippen LogP contribution in [-0.2, 0) is 19.1 Å². The molecule has 5 nitrogen and oxygen atoms in total. The summed E-state index contributed by atoms with van der Waals surface area (Å²) < 4.78 is 5.05. The molecular weight excluding hydrogens is 320 g/mol. The number of carboxylic acid groups (broad SMARTS) is 1. The summed E-state index contributed by atoms with van der Waals surface area (Å²) in [5.41, 5.74) is -0.561. The molecule has 0 amide bonds. The second kappa shape index (κ2) is 6.40. The summed E-state index contributed by atoms with van der Waals surface area (Å²) >= 11 is 0. The first-order chi connectivity index (χ1) is 11.7. The van der Waals surface area contributed by atoms with Crippen molar-refractivity contribution in [2.45, 2.75) is 65.2 Å². The molecule has 0 heterocycles. The predicted octanol–water partition coefficient (Wildman–Crippen LogP) is 3.45. The lowest BCUT2D eigenvalue weighted by atomic mass is 9.48. The maximum absolute atomic E-state index is 12.7. The van der Waals surface area contributed by atoms with Gasteiger partial charge < -0.3 is 9.84 Å². The number of hydrogen-bond acceptors (Lipinski definition) is 4. The third-order valence-corrected chi connectivity index (χ3v) is 7.94. The van der Waals surface area contributed by atoms with Crippen LogP contribution in [0.4, 0.5) is 0 Å². The standard InChI is InChI=1S/C20H30O5/c1-19-10-8-14-12(13(19)5-6-15(19)18(24)25-3)4-7-16(21)20(14,2)11-9-17(22)23/h12-15H,4-11H2,1-3H3,(H,22,23). The van der Waals surface area contributed by atoms with E-state index in [9.17, 15) is 14.4 Å². The van der Waals surface area contributed by atoms with E-state index in [1.807, 2.05) is 6.92 Å². The van der Waals surface area contributed by atoms with E-state index in [2.05, 4.69) is 6.92 Å². The van der Waals surface area contributed by atoms with Crippen LogP contribution in [0.15, 0.2) is 0 Å². The van der Waals surface area contributed by atoms with Gasteiger partial charge in [-0.1, -0.05) is 13.8 Å². The second-order valence-electron chi connectivity index (χ2n) is 8.85. The molecule has 0 aromatic heterocycles. The minimum Gasteiger partial charge on any atom is -0.481 e. The topological polar surface area (TPSA) is 80.7 Å². The molecule has 25 heavy (non-hydrogen) atoms. The molecule has 6 atom stereocenters. The molecule has 3 saturated carbocycles. The SMILES string of the molecule is COC(=O)C1CCC2C3CCC(=O)C(C)(CCC(=O)O)C3CCC12C. The highest BCUT2D eigenvalue weighted by atomic mass is 16.5. The molecule has 3 aliphatic carbocycles. The van der Waals surface area contributed by atoms with Crippen molar-refractivity contribution < 1.29 is 24.2 Å². The number of fused-ring (bicyclic) bond motifs is 3. The minimum absolute atomic E-state index is 0.0358. The normalized spacial score (nSPS) is 43.2. The first-order valence-corrected chi connectivity index (χ1v) is 9.57. The smallest absolute Gasteiger partial charge is 0.309 e. The first-order valence-electron chi connectivity index (χ1n) is 9.57. The monoisotopic (exact) mass is 350 g/mol. The van der Waals surface area contributed by atoms with E-state index in [4.69, 9.17) is 9.84 Å². The van der Waals surface area contributed by atoms with E-state index >= 15 is 0 Å². The fourth-order valence-electron chi connectivity index (χ4n) is 6.49. The molecule has 5 heteroatoms. The number of esters is 1. The number of ether oxygens (including phenoxy) is 1. The molecule has 3 rings (SSSR count). The Kier molecular flexibility index (Phi) is 4.71. The van der Waals surface area contributed by atoms with Crippen molar-refractivity contribution >= 4 is 17.7 Å². The zero-order valence-corrected chi connectivity index (χ0v) is 15.5. The van der Waals surface area contributed by atoms with Crippen molar-refractivity contribution in [1.29, 1.82) is 0 Å². The second-order valence-corrected chi connectivity index (χ2v) is 8.85. The number of rotatable bonds is 4. The van der Waals surface area contributed by atoms with Crippen LogP contribution in [0, 0.1) is 34.5 Å². The molecule has 0 spiro atoms. The molecule has 3 aliphatic rings. The molecule has 3 fully saturated rings. The highest BCUT2D eigenvalue weighted by molar-refractivity contribution is 5.86. The predicted molar refractivity (Wildman–Crippen MR) is 91.8 cm³/mol. The van der Waals surface area contributed by atoms with Crippen molar-refractivity contribution in [2.24, 2.45) is 34.5 Å². The maximum Gasteiger partial charge on any atom is 0.309 e. The number of Topliss-reactive ketones (excluding diaryl/α,β-unsaturated/α-hetero) is 1. The summed E-state index contributed by atoms with van der Waals surface area (Å²) in [7, 11) is 1.47. The Hall–Kier alpha value is -1.39. The quantitative estimate of drug-likeness (QED) is 0.786. The molecule has 0 radical (unpaired) electrons. The Morgan fingerprint density at radius 3 is 2.52 bits per heavy atom. The summed E-state index contributed by atoms with van der Waals surface area (Å²) in [6.45, 7) is 4.22. The van der Waals surface area contributed by atoms with Gasteiger partial charge in [0.1, 0.15) is 5.78 Å². The van der Waals surface area contributed by atoms with Gasteiger partial charge in [0, 0.05) is 18.3 Å². The van der Waals surface area contributed by atoms with Crippen LogP contribution in [-0.4, -0.2) is 29.9 Å². The third-order valence-electron chi connectivity index (χ3n) is 7.94. The fraction of sp³-hybridized carbons (Fsp3) is 0.850. The summed E-state index contributed by atoms with van der Waals surface area (Å²) in [6.07, 6.45) is 5.65. The van der Waals surface area contributed by atoms with Gasteiger partial charge in [0.25, 0.3) is 0 Å². The largest absolute Gasteiger partial charge is 0.481 e. The van der Waals surface area contributed by atoms with Gasteiger partial charge in [0.05, 0.1) is 13.0 Å². The Bertz CT molecular complexity index is 585. The van der Waals surface area contributed by atoms with Gasteiger partial charge in [0.15, 0.2) is 0 Å². The highest BCUT2D eigenvalue weighted by Crippen LogP contribution is 2.64. The molecule has 0 saturated heterocycles. The summed E-state index contributed by atoms with van der Waals surface area (Å²) in [6, 6.07) is 0. The number of hydrogen-bond donors (Lipinski definition) is 1. The average molecular weight is 350 g/mol. The zero-order chi connectivity index (χ0) is 18.4. The molecular formula is C20H30O5. The van der Waals surface area contributed by atoms with Crippen molar-refractivity contribution in [1.82, 2.24) is 0 Å². The van der Waals surface area contributed by atoms with Crippen LogP contribution in [0.2, 0.25) is 0 Å². The molecule has 6 unspecified atom stereocenters. The van der Waals surface area contributed by atoms with Crippen LogP contribution < -0.4 is 0 Å². The van der Waals surface area contributed by atoms with Crippen LogP contribution in [0.25, 0.3) is 0 Å². The highest BCUT2D eigenvalue weighted by Gasteiger charge is 2.60. The molecule has 140 valence electrons.